The molecule has 0 bridgehead atoms. The van der Waals surface area contributed by atoms with E-state index in [2.05, 4.69) is 6.58 Å². The van der Waals surface area contributed by atoms with Crippen LogP contribution in [0.25, 0.3) is 0 Å². The van der Waals surface area contributed by atoms with Crippen molar-refractivity contribution in [2.75, 3.05) is 53.7 Å². The van der Waals surface area contributed by atoms with E-state index in [0.29, 0.717) is 26.4 Å². The highest BCUT2D eigenvalue weighted by molar-refractivity contribution is 4.68. The fourth-order valence-corrected chi connectivity index (χ4v) is 1.27. The Morgan fingerprint density at radius 2 is 2.05 bits per heavy atom. The Kier molecular flexibility index (Phi) is 9.88. The van der Waals surface area contributed by atoms with Gasteiger partial charge in [0.15, 0.2) is 0 Å². The maximum atomic E-state index is 5.47. The van der Waals surface area contributed by atoms with Crippen LogP contribution in [0, 0.1) is 0 Å². The molecule has 0 radical (unpaired) electrons. The molecule has 1 fully saturated rings. The number of hydrogen-bond donors (Lipinski definition) is 0. The minimum absolute atomic E-state index is 0.165. The van der Waals surface area contributed by atoms with Gasteiger partial charge in [-0.3, -0.25) is 0 Å². The average molecular weight is 276 g/mol. The van der Waals surface area contributed by atoms with Crippen LogP contribution >= 0.6 is 0 Å². The van der Waals surface area contributed by atoms with E-state index < -0.39 is 0 Å². The van der Waals surface area contributed by atoms with Crippen molar-refractivity contribution in [3.8, 4) is 0 Å². The summed E-state index contributed by atoms with van der Waals surface area (Å²) in [5, 5.41) is 0. The molecule has 0 amide bonds. The standard InChI is InChI=1S/C13H24O6/c1-3-4-5-15-11-17-8-12(19-10-14-2)6-16-7-13-9-18-13/h3,12-13H,1,4-11H2,2H3. The van der Waals surface area contributed by atoms with Gasteiger partial charge in [0.25, 0.3) is 0 Å². The number of methoxy groups -OCH3 is 1. The third-order valence-corrected chi connectivity index (χ3v) is 2.37. The summed E-state index contributed by atoms with van der Waals surface area (Å²) in [5.74, 6) is 0. The van der Waals surface area contributed by atoms with Crippen molar-refractivity contribution in [3.63, 3.8) is 0 Å². The summed E-state index contributed by atoms with van der Waals surface area (Å²) in [4.78, 5) is 0. The van der Waals surface area contributed by atoms with Crippen LogP contribution in [0.3, 0.4) is 0 Å². The molecular weight excluding hydrogens is 252 g/mol. The molecule has 1 aliphatic rings. The molecule has 1 rings (SSSR count). The monoisotopic (exact) mass is 276 g/mol. The zero-order chi connectivity index (χ0) is 13.8. The molecule has 0 spiro atoms. The first-order valence-electron chi connectivity index (χ1n) is 6.43. The lowest BCUT2D eigenvalue weighted by Crippen LogP contribution is -2.28. The fourth-order valence-electron chi connectivity index (χ4n) is 1.27. The van der Waals surface area contributed by atoms with Crippen molar-refractivity contribution in [3.05, 3.63) is 12.7 Å². The van der Waals surface area contributed by atoms with E-state index in [0.717, 1.165) is 13.0 Å². The average Bonchev–Trinajstić information content (AvgIpc) is 3.23. The number of epoxide rings is 1. The van der Waals surface area contributed by atoms with Gasteiger partial charge in [-0.15, -0.1) is 6.58 Å². The Hall–Kier alpha value is -0.500. The van der Waals surface area contributed by atoms with Crippen molar-refractivity contribution < 1.29 is 28.4 Å². The molecule has 6 nitrogen and oxygen atoms in total. The molecule has 0 saturated carbocycles. The van der Waals surface area contributed by atoms with Crippen LogP contribution in [-0.2, 0) is 28.4 Å². The van der Waals surface area contributed by atoms with Gasteiger partial charge < -0.3 is 28.4 Å². The van der Waals surface area contributed by atoms with Gasteiger partial charge >= 0.3 is 0 Å². The summed E-state index contributed by atoms with van der Waals surface area (Å²) >= 11 is 0. The van der Waals surface area contributed by atoms with Crippen LogP contribution in [0.5, 0.6) is 0 Å². The van der Waals surface area contributed by atoms with Gasteiger partial charge in [0.05, 0.1) is 33.0 Å². The number of rotatable bonds is 14. The highest BCUT2D eigenvalue weighted by Crippen LogP contribution is 2.09. The predicted octanol–water partition coefficient (Wildman–Crippen LogP) is 0.958. The molecule has 0 aromatic rings. The Balaban J connectivity index is 2.00. The fraction of sp³-hybridized carbons (Fsp3) is 0.846. The molecule has 0 aromatic carbocycles. The molecule has 2 atom stereocenters. The Labute approximate surface area is 114 Å². The van der Waals surface area contributed by atoms with Crippen LogP contribution in [0.2, 0.25) is 0 Å². The molecule has 2 unspecified atom stereocenters. The first-order chi connectivity index (χ1) is 9.36. The maximum absolute atomic E-state index is 5.47. The Morgan fingerprint density at radius 1 is 1.26 bits per heavy atom. The summed E-state index contributed by atoms with van der Waals surface area (Å²) in [7, 11) is 1.58. The maximum Gasteiger partial charge on any atom is 0.146 e. The summed E-state index contributed by atoms with van der Waals surface area (Å²) in [5.41, 5.74) is 0. The minimum atomic E-state index is -0.165. The smallest absolute Gasteiger partial charge is 0.146 e. The van der Waals surface area contributed by atoms with Gasteiger partial charge in [-0.1, -0.05) is 6.08 Å². The van der Waals surface area contributed by atoms with Gasteiger partial charge in [-0.05, 0) is 6.42 Å². The van der Waals surface area contributed by atoms with Crippen molar-refractivity contribution in [1.82, 2.24) is 0 Å². The van der Waals surface area contributed by atoms with Gasteiger partial charge in [0.2, 0.25) is 0 Å². The molecular formula is C13H24O6. The largest absolute Gasteiger partial charge is 0.376 e. The molecule has 112 valence electrons. The molecule has 1 heterocycles. The normalized spacial score (nSPS) is 19.3. The quantitative estimate of drug-likeness (QED) is 0.204. The van der Waals surface area contributed by atoms with Crippen LogP contribution in [0.15, 0.2) is 12.7 Å². The highest BCUT2D eigenvalue weighted by atomic mass is 16.7. The van der Waals surface area contributed by atoms with Gasteiger partial charge in [0, 0.05) is 7.11 Å². The van der Waals surface area contributed by atoms with Crippen LogP contribution < -0.4 is 0 Å². The minimum Gasteiger partial charge on any atom is -0.376 e. The van der Waals surface area contributed by atoms with Gasteiger partial charge in [-0.2, -0.15) is 0 Å². The highest BCUT2D eigenvalue weighted by Gasteiger charge is 2.23. The summed E-state index contributed by atoms with van der Waals surface area (Å²) in [6, 6.07) is 0. The molecule has 0 aromatic heterocycles. The zero-order valence-corrected chi connectivity index (χ0v) is 11.5. The van der Waals surface area contributed by atoms with Crippen molar-refractivity contribution >= 4 is 0 Å². The molecule has 1 aliphatic heterocycles. The topological polar surface area (TPSA) is 58.7 Å². The van der Waals surface area contributed by atoms with Crippen LogP contribution in [-0.4, -0.2) is 65.9 Å². The summed E-state index contributed by atoms with van der Waals surface area (Å²) < 4.78 is 31.4. The SMILES string of the molecule is C=CCCOCOCC(COCC1CO1)OCOC. The molecule has 0 aliphatic carbocycles. The first-order valence-corrected chi connectivity index (χ1v) is 6.43. The third-order valence-electron chi connectivity index (χ3n) is 2.37. The third kappa shape index (κ3) is 10.0. The Bertz CT molecular complexity index is 219. The molecule has 6 heteroatoms. The van der Waals surface area contributed by atoms with Crippen LogP contribution in [0.4, 0.5) is 0 Å². The van der Waals surface area contributed by atoms with E-state index >= 15 is 0 Å². The predicted molar refractivity (Wildman–Crippen MR) is 68.9 cm³/mol. The number of ether oxygens (including phenoxy) is 6. The lowest BCUT2D eigenvalue weighted by molar-refractivity contribution is -0.142. The number of hydrogen-bond acceptors (Lipinski definition) is 6. The van der Waals surface area contributed by atoms with Crippen molar-refractivity contribution in [2.45, 2.75) is 18.6 Å². The molecule has 1 saturated heterocycles. The van der Waals surface area contributed by atoms with Crippen molar-refractivity contribution in [2.24, 2.45) is 0 Å². The van der Waals surface area contributed by atoms with Gasteiger partial charge in [-0.25, -0.2) is 0 Å². The lowest BCUT2D eigenvalue weighted by atomic mass is 10.4. The van der Waals surface area contributed by atoms with E-state index in [4.69, 9.17) is 28.4 Å². The second kappa shape index (κ2) is 11.3. The first kappa shape index (κ1) is 16.6. The zero-order valence-electron chi connectivity index (χ0n) is 11.5. The van der Waals surface area contributed by atoms with E-state index in [-0.39, 0.29) is 25.8 Å². The molecule has 19 heavy (non-hydrogen) atoms. The Morgan fingerprint density at radius 3 is 2.74 bits per heavy atom. The van der Waals surface area contributed by atoms with Gasteiger partial charge in [0.1, 0.15) is 25.8 Å². The van der Waals surface area contributed by atoms with E-state index in [1.165, 1.54) is 0 Å². The second-order valence-electron chi connectivity index (χ2n) is 4.16. The van der Waals surface area contributed by atoms with Crippen molar-refractivity contribution in [1.29, 1.82) is 0 Å². The van der Waals surface area contributed by atoms with E-state index in [1.54, 1.807) is 13.2 Å². The lowest BCUT2D eigenvalue weighted by Gasteiger charge is -2.17. The van der Waals surface area contributed by atoms with E-state index in [9.17, 15) is 0 Å². The molecule has 0 N–H and O–H groups in total. The summed E-state index contributed by atoms with van der Waals surface area (Å²) in [6.45, 7) is 6.93. The summed E-state index contributed by atoms with van der Waals surface area (Å²) in [6.07, 6.45) is 2.71. The van der Waals surface area contributed by atoms with E-state index in [1.807, 2.05) is 0 Å². The second-order valence-corrected chi connectivity index (χ2v) is 4.16. The van der Waals surface area contributed by atoms with Crippen LogP contribution in [0.1, 0.15) is 6.42 Å².